The fourth-order valence-electron chi connectivity index (χ4n) is 4.42. The van der Waals surface area contributed by atoms with Crippen LogP contribution in [0.1, 0.15) is 35.3 Å². The fourth-order valence-corrected chi connectivity index (χ4v) is 4.42. The minimum Gasteiger partial charge on any atom is -0.481 e. The summed E-state index contributed by atoms with van der Waals surface area (Å²) in [5.41, 5.74) is 0.704. The van der Waals surface area contributed by atoms with E-state index in [2.05, 4.69) is 4.98 Å². The second kappa shape index (κ2) is 5.51. The third-order valence-corrected chi connectivity index (χ3v) is 5.78. The molecular weight excluding hydrogens is 323 g/mol. The molecule has 1 amide bonds. The zero-order valence-electron chi connectivity index (χ0n) is 14.0. The molecule has 1 aliphatic heterocycles. The van der Waals surface area contributed by atoms with Crippen LogP contribution in [0.2, 0.25) is 0 Å². The Balaban J connectivity index is 1.68. The summed E-state index contributed by atoms with van der Waals surface area (Å²) in [4.78, 5) is 30.8. The molecule has 0 radical (unpaired) electrons. The van der Waals surface area contributed by atoms with Gasteiger partial charge < -0.3 is 10.0 Å². The third-order valence-electron chi connectivity index (χ3n) is 5.78. The normalized spacial score (nSPS) is 25.4. The summed E-state index contributed by atoms with van der Waals surface area (Å²) in [6, 6.07) is 6.01. The van der Waals surface area contributed by atoms with Gasteiger partial charge in [0, 0.05) is 24.5 Å². The van der Waals surface area contributed by atoms with Gasteiger partial charge in [0.25, 0.3) is 5.91 Å². The zero-order chi connectivity index (χ0) is 17.8. The molecule has 130 valence electrons. The highest BCUT2D eigenvalue weighted by atomic mass is 19.1. The van der Waals surface area contributed by atoms with E-state index in [1.54, 1.807) is 24.0 Å². The topological polar surface area (TPSA) is 70.5 Å². The Kier molecular flexibility index (Phi) is 3.52. The van der Waals surface area contributed by atoms with Gasteiger partial charge in [0.15, 0.2) is 0 Å². The van der Waals surface area contributed by atoms with Gasteiger partial charge >= 0.3 is 5.97 Å². The van der Waals surface area contributed by atoms with Gasteiger partial charge in [-0.05, 0) is 43.9 Å². The molecule has 6 heteroatoms. The number of carbonyl (C=O) groups is 2. The second-order valence-corrected chi connectivity index (χ2v) is 7.19. The van der Waals surface area contributed by atoms with Gasteiger partial charge in [0.05, 0.1) is 22.2 Å². The molecule has 2 aliphatic rings. The Morgan fingerprint density at radius 3 is 2.88 bits per heavy atom. The summed E-state index contributed by atoms with van der Waals surface area (Å²) < 4.78 is 13.4. The van der Waals surface area contributed by atoms with Crippen LogP contribution in [0.3, 0.4) is 0 Å². The number of rotatable bonds is 2. The van der Waals surface area contributed by atoms with Crippen molar-refractivity contribution in [1.82, 2.24) is 9.88 Å². The van der Waals surface area contributed by atoms with Crippen LogP contribution in [0.15, 0.2) is 24.3 Å². The van der Waals surface area contributed by atoms with E-state index in [0.717, 1.165) is 12.8 Å². The van der Waals surface area contributed by atoms with Crippen molar-refractivity contribution in [3.05, 3.63) is 41.3 Å². The first-order chi connectivity index (χ1) is 11.9. The summed E-state index contributed by atoms with van der Waals surface area (Å²) in [5, 5.41) is 10.4. The Labute approximate surface area is 144 Å². The van der Waals surface area contributed by atoms with Crippen molar-refractivity contribution in [3.8, 4) is 0 Å². The van der Waals surface area contributed by atoms with E-state index in [-0.39, 0.29) is 24.2 Å². The Morgan fingerprint density at radius 2 is 2.16 bits per heavy atom. The highest BCUT2D eigenvalue weighted by Crippen LogP contribution is 2.49. The van der Waals surface area contributed by atoms with Gasteiger partial charge in [-0.3, -0.25) is 14.6 Å². The van der Waals surface area contributed by atoms with Crippen molar-refractivity contribution in [3.63, 3.8) is 0 Å². The van der Waals surface area contributed by atoms with Gasteiger partial charge in [-0.15, -0.1) is 0 Å². The molecule has 5 nitrogen and oxygen atoms in total. The average molecular weight is 342 g/mol. The number of carboxylic acid groups (broad SMARTS) is 1. The first-order valence-corrected chi connectivity index (χ1v) is 8.50. The zero-order valence-corrected chi connectivity index (χ0v) is 14.0. The highest BCUT2D eigenvalue weighted by Gasteiger charge is 2.55. The number of aromatic nitrogens is 1. The molecular formula is C19H19FN2O3. The van der Waals surface area contributed by atoms with E-state index < -0.39 is 11.4 Å². The second-order valence-electron chi connectivity index (χ2n) is 7.19. The number of aryl methyl sites for hydroxylation is 1. The van der Waals surface area contributed by atoms with Gasteiger partial charge in [-0.1, -0.05) is 6.42 Å². The number of aliphatic carboxylic acids is 1. The molecule has 2 aromatic rings. The van der Waals surface area contributed by atoms with Gasteiger partial charge in [0.1, 0.15) is 5.82 Å². The van der Waals surface area contributed by atoms with Crippen LogP contribution in [0.25, 0.3) is 10.9 Å². The molecule has 25 heavy (non-hydrogen) atoms. The standard InChI is InChI=1S/C19H19FN2O3/c1-11-15(7-12-4-5-14(20)8-16(12)21-11)17(23)22-9-13-3-2-6-19(13,10-22)18(24)25/h4-5,7-8,13H,2-3,6,9-10H2,1H3,(H,24,25)/t13-,19+/m0/s1. The number of likely N-dealkylation sites (tertiary alicyclic amines) is 1. The smallest absolute Gasteiger partial charge is 0.311 e. The molecule has 1 aromatic heterocycles. The third kappa shape index (κ3) is 2.39. The molecule has 0 bridgehead atoms. The first-order valence-electron chi connectivity index (χ1n) is 8.50. The number of carboxylic acids is 1. The summed E-state index contributed by atoms with van der Waals surface area (Å²) in [6.45, 7) is 2.46. The Hall–Kier alpha value is -2.50. The molecule has 0 spiro atoms. The predicted molar refractivity (Wildman–Crippen MR) is 89.8 cm³/mol. The van der Waals surface area contributed by atoms with Gasteiger partial charge in [-0.2, -0.15) is 0 Å². The number of pyridine rings is 1. The molecule has 2 fully saturated rings. The molecule has 1 aromatic carbocycles. The lowest BCUT2D eigenvalue weighted by atomic mass is 9.81. The summed E-state index contributed by atoms with van der Waals surface area (Å²) in [5.74, 6) is -1.33. The van der Waals surface area contributed by atoms with Crippen LogP contribution >= 0.6 is 0 Å². The molecule has 2 atom stereocenters. The van der Waals surface area contributed by atoms with Crippen LogP contribution in [0.5, 0.6) is 0 Å². The Morgan fingerprint density at radius 1 is 1.36 bits per heavy atom. The van der Waals surface area contributed by atoms with Gasteiger partial charge in [0.2, 0.25) is 0 Å². The maximum absolute atomic E-state index is 13.4. The number of hydrogen-bond acceptors (Lipinski definition) is 3. The van der Waals surface area contributed by atoms with Crippen LogP contribution in [-0.4, -0.2) is 40.0 Å². The van der Waals surface area contributed by atoms with Crippen LogP contribution in [0, 0.1) is 24.1 Å². The molecule has 1 aliphatic carbocycles. The van der Waals surface area contributed by atoms with E-state index in [0.29, 0.717) is 35.1 Å². The summed E-state index contributed by atoms with van der Waals surface area (Å²) in [7, 11) is 0. The summed E-state index contributed by atoms with van der Waals surface area (Å²) in [6.07, 6.45) is 2.39. The largest absolute Gasteiger partial charge is 0.481 e. The van der Waals surface area contributed by atoms with E-state index in [4.69, 9.17) is 0 Å². The SMILES string of the molecule is Cc1nc2cc(F)ccc2cc1C(=O)N1C[C@@H]2CCC[C@@]2(C(=O)O)C1. The lowest BCUT2D eigenvalue weighted by Crippen LogP contribution is -2.37. The number of nitrogens with zero attached hydrogens (tertiary/aromatic N) is 2. The van der Waals surface area contributed by atoms with E-state index in [1.165, 1.54) is 12.1 Å². The number of fused-ring (bicyclic) bond motifs is 2. The van der Waals surface area contributed by atoms with Crippen molar-refractivity contribution >= 4 is 22.8 Å². The minimum absolute atomic E-state index is 0.0248. The molecule has 1 saturated carbocycles. The number of amides is 1. The van der Waals surface area contributed by atoms with E-state index in [9.17, 15) is 19.1 Å². The van der Waals surface area contributed by atoms with Crippen molar-refractivity contribution < 1.29 is 19.1 Å². The number of benzene rings is 1. The van der Waals surface area contributed by atoms with Crippen LogP contribution in [0.4, 0.5) is 4.39 Å². The number of carbonyl (C=O) groups excluding carboxylic acids is 1. The van der Waals surface area contributed by atoms with Crippen molar-refractivity contribution in [2.24, 2.45) is 11.3 Å². The lowest BCUT2D eigenvalue weighted by molar-refractivity contribution is -0.149. The van der Waals surface area contributed by atoms with Gasteiger partial charge in [-0.25, -0.2) is 4.39 Å². The minimum atomic E-state index is -0.797. The summed E-state index contributed by atoms with van der Waals surface area (Å²) >= 11 is 0. The Bertz CT molecular complexity index is 898. The van der Waals surface area contributed by atoms with Crippen molar-refractivity contribution in [1.29, 1.82) is 0 Å². The first kappa shape index (κ1) is 16.0. The lowest BCUT2D eigenvalue weighted by Gasteiger charge is -2.23. The number of halogens is 1. The van der Waals surface area contributed by atoms with Crippen LogP contribution < -0.4 is 0 Å². The van der Waals surface area contributed by atoms with Crippen LogP contribution in [-0.2, 0) is 4.79 Å². The van der Waals surface area contributed by atoms with E-state index >= 15 is 0 Å². The fraction of sp³-hybridized carbons (Fsp3) is 0.421. The molecule has 2 heterocycles. The highest BCUT2D eigenvalue weighted by molar-refractivity contribution is 5.99. The molecule has 1 saturated heterocycles. The quantitative estimate of drug-likeness (QED) is 0.911. The van der Waals surface area contributed by atoms with Crippen molar-refractivity contribution in [2.45, 2.75) is 26.2 Å². The monoisotopic (exact) mass is 342 g/mol. The molecule has 4 rings (SSSR count). The maximum atomic E-state index is 13.4. The average Bonchev–Trinajstić information content (AvgIpc) is 3.11. The molecule has 0 unspecified atom stereocenters. The maximum Gasteiger partial charge on any atom is 0.311 e. The molecule has 1 N–H and O–H groups in total. The number of hydrogen-bond donors (Lipinski definition) is 1. The van der Waals surface area contributed by atoms with Crippen molar-refractivity contribution in [2.75, 3.05) is 13.1 Å². The van der Waals surface area contributed by atoms with E-state index in [1.807, 2.05) is 0 Å². The predicted octanol–water partition coefficient (Wildman–Crippen LogP) is 3.01.